The first-order valence-electron chi connectivity index (χ1n) is 11.6. The predicted molar refractivity (Wildman–Crippen MR) is 136 cm³/mol. The molecule has 2 aromatic carbocycles. The summed E-state index contributed by atoms with van der Waals surface area (Å²) >= 11 is 1.32. The number of amides is 2. The van der Waals surface area contributed by atoms with Gasteiger partial charge in [0.1, 0.15) is 16.4 Å². The molecule has 1 aliphatic rings. The van der Waals surface area contributed by atoms with Gasteiger partial charge < -0.3 is 14.4 Å². The Morgan fingerprint density at radius 1 is 1.17 bits per heavy atom. The number of hydrogen-bond donors (Lipinski definition) is 2. The molecule has 0 atom stereocenters. The zero-order valence-corrected chi connectivity index (χ0v) is 21.0. The van der Waals surface area contributed by atoms with E-state index in [9.17, 15) is 9.59 Å². The van der Waals surface area contributed by atoms with E-state index in [1.807, 2.05) is 36.1 Å². The molecule has 2 aromatic heterocycles. The average Bonchev–Trinajstić information content (AvgIpc) is 3.52. The van der Waals surface area contributed by atoms with Crippen molar-refractivity contribution in [1.29, 1.82) is 0 Å². The van der Waals surface area contributed by atoms with Gasteiger partial charge in [-0.2, -0.15) is 5.21 Å². The fourth-order valence-electron chi connectivity index (χ4n) is 4.50. The Morgan fingerprint density at radius 2 is 1.92 bits per heavy atom. The zero-order chi connectivity index (χ0) is 25.2. The number of H-pyrrole nitrogens is 1. The minimum atomic E-state index is -0.391. The summed E-state index contributed by atoms with van der Waals surface area (Å²) in [6.07, 6.45) is 1.88. The van der Waals surface area contributed by atoms with Crippen LogP contribution in [0.15, 0.2) is 36.4 Å². The number of piperidine rings is 1. The van der Waals surface area contributed by atoms with Crippen molar-refractivity contribution in [3.05, 3.63) is 52.4 Å². The van der Waals surface area contributed by atoms with Gasteiger partial charge in [0, 0.05) is 30.1 Å². The van der Waals surface area contributed by atoms with Crippen LogP contribution in [0.1, 0.15) is 46.5 Å². The van der Waals surface area contributed by atoms with Gasteiger partial charge >= 0.3 is 0 Å². The number of fused-ring (bicyclic) bond motifs is 1. The zero-order valence-electron chi connectivity index (χ0n) is 20.2. The molecule has 2 N–H and O–H groups in total. The van der Waals surface area contributed by atoms with E-state index in [1.54, 1.807) is 14.0 Å². The molecule has 1 aliphatic heterocycles. The molecule has 4 aromatic rings. The van der Waals surface area contributed by atoms with E-state index < -0.39 is 5.91 Å². The van der Waals surface area contributed by atoms with Crippen LogP contribution < -0.4 is 14.8 Å². The fraction of sp³-hybridized carbons (Fsp3) is 0.320. The number of nitrogens with zero attached hydrogens (tertiary/aromatic N) is 4. The Morgan fingerprint density at radius 3 is 2.56 bits per heavy atom. The lowest BCUT2D eigenvalue weighted by Crippen LogP contribution is -2.36. The number of thiophene rings is 1. The first-order chi connectivity index (χ1) is 17.4. The number of carbonyl (C=O) groups excluding carboxylic acids is 2. The van der Waals surface area contributed by atoms with E-state index in [-0.39, 0.29) is 11.9 Å². The van der Waals surface area contributed by atoms with Crippen molar-refractivity contribution in [3.63, 3.8) is 0 Å². The van der Waals surface area contributed by atoms with Crippen LogP contribution in [0.3, 0.4) is 0 Å². The Labute approximate surface area is 211 Å². The number of methoxy groups -OCH3 is 1. The first-order valence-corrected chi connectivity index (χ1v) is 12.4. The number of carbonyl (C=O) groups is 2. The molecule has 1 saturated heterocycles. The third kappa shape index (κ3) is 4.74. The maximum absolute atomic E-state index is 13.1. The third-order valence-corrected chi connectivity index (χ3v) is 7.58. The fourth-order valence-corrected chi connectivity index (χ4v) is 5.60. The van der Waals surface area contributed by atoms with E-state index in [0.29, 0.717) is 28.0 Å². The van der Waals surface area contributed by atoms with Crippen LogP contribution in [0.2, 0.25) is 0 Å². The molecule has 10 nitrogen and oxygen atoms in total. The van der Waals surface area contributed by atoms with Gasteiger partial charge in [0.2, 0.25) is 5.91 Å². The van der Waals surface area contributed by atoms with Crippen molar-refractivity contribution in [2.75, 3.05) is 25.5 Å². The summed E-state index contributed by atoms with van der Waals surface area (Å²) in [5.74, 6) is 1.99. The van der Waals surface area contributed by atoms with Gasteiger partial charge in [-0.15, -0.1) is 16.4 Å². The number of nitrogens with one attached hydrogen (secondary N) is 2. The lowest BCUT2D eigenvalue weighted by Gasteiger charge is -2.31. The Kier molecular flexibility index (Phi) is 6.55. The number of tetrazole rings is 1. The van der Waals surface area contributed by atoms with Crippen LogP contribution in [0.5, 0.6) is 17.2 Å². The minimum absolute atomic E-state index is 0.0809. The van der Waals surface area contributed by atoms with Crippen molar-refractivity contribution < 1.29 is 19.1 Å². The minimum Gasteiger partial charge on any atom is -0.496 e. The molecule has 0 saturated carbocycles. The summed E-state index contributed by atoms with van der Waals surface area (Å²) in [5, 5.41) is 16.8. The number of benzene rings is 2. The lowest BCUT2D eigenvalue weighted by molar-refractivity contribution is -0.129. The smallest absolute Gasteiger partial charge is 0.272 e. The second-order valence-corrected chi connectivity index (χ2v) is 9.77. The van der Waals surface area contributed by atoms with Crippen LogP contribution in [-0.4, -0.2) is 57.5 Å². The first kappa shape index (κ1) is 23.7. The molecule has 2 amide bonds. The van der Waals surface area contributed by atoms with Gasteiger partial charge in [0.15, 0.2) is 5.75 Å². The number of rotatable bonds is 6. The molecule has 0 unspecified atom stereocenters. The number of aryl methyl sites for hydroxylation is 1. The highest BCUT2D eigenvalue weighted by atomic mass is 32.1. The highest BCUT2D eigenvalue weighted by Crippen LogP contribution is 2.43. The molecule has 0 aliphatic carbocycles. The number of hydrogen-bond acceptors (Lipinski definition) is 8. The highest BCUT2D eigenvalue weighted by Gasteiger charge is 2.24. The molecule has 11 heteroatoms. The molecule has 0 radical (unpaired) electrons. The van der Waals surface area contributed by atoms with E-state index in [1.165, 1.54) is 16.9 Å². The van der Waals surface area contributed by atoms with Gasteiger partial charge in [-0.1, -0.05) is 17.2 Å². The second kappa shape index (κ2) is 9.94. The summed E-state index contributed by atoms with van der Waals surface area (Å²) in [5.41, 5.74) is 2.18. The molecule has 36 heavy (non-hydrogen) atoms. The predicted octanol–water partition coefficient (Wildman–Crippen LogP) is 4.50. The molecule has 3 heterocycles. The molecular formula is C25H26N6O4S. The second-order valence-electron chi connectivity index (χ2n) is 8.72. The van der Waals surface area contributed by atoms with Gasteiger partial charge in [-0.05, 0) is 66.3 Å². The monoisotopic (exact) mass is 506 g/mol. The number of aromatic amines is 1. The summed E-state index contributed by atoms with van der Waals surface area (Å²) < 4.78 is 12.7. The summed E-state index contributed by atoms with van der Waals surface area (Å²) in [6, 6.07) is 11.8. The van der Waals surface area contributed by atoms with Crippen molar-refractivity contribution in [2.45, 2.75) is 32.6 Å². The number of ether oxygens (including phenoxy) is 2. The normalized spacial score (nSPS) is 14.1. The SMILES string of the molecule is COc1cc2c(Oc3ccc(C4CCN(C(C)=O)CC4)cc3)c(C(=O)Nc3nn[nH]n3)sc2cc1C. The van der Waals surface area contributed by atoms with Crippen molar-refractivity contribution in [3.8, 4) is 17.2 Å². The van der Waals surface area contributed by atoms with Crippen LogP contribution in [0.4, 0.5) is 5.95 Å². The maximum Gasteiger partial charge on any atom is 0.272 e. The van der Waals surface area contributed by atoms with E-state index >= 15 is 0 Å². The third-order valence-electron chi connectivity index (χ3n) is 6.45. The molecular weight excluding hydrogens is 480 g/mol. The molecule has 5 rings (SSSR count). The van der Waals surface area contributed by atoms with E-state index in [0.717, 1.165) is 41.6 Å². The topological polar surface area (TPSA) is 122 Å². The lowest BCUT2D eigenvalue weighted by atomic mass is 9.89. The Balaban J connectivity index is 1.43. The number of aromatic nitrogens is 4. The summed E-state index contributed by atoms with van der Waals surface area (Å²) in [6.45, 7) is 5.13. The molecule has 0 spiro atoms. The van der Waals surface area contributed by atoms with Gasteiger partial charge in [-0.3, -0.25) is 14.9 Å². The van der Waals surface area contributed by atoms with Crippen molar-refractivity contribution in [1.82, 2.24) is 25.5 Å². The van der Waals surface area contributed by atoms with E-state index in [2.05, 4.69) is 38.1 Å². The quantitative estimate of drug-likeness (QED) is 0.395. The van der Waals surface area contributed by atoms with Crippen LogP contribution in [0.25, 0.3) is 10.1 Å². The summed E-state index contributed by atoms with van der Waals surface area (Å²) in [7, 11) is 1.62. The molecule has 186 valence electrons. The summed E-state index contributed by atoms with van der Waals surface area (Å²) in [4.78, 5) is 27.0. The number of anilines is 1. The van der Waals surface area contributed by atoms with Crippen LogP contribution >= 0.6 is 11.3 Å². The largest absolute Gasteiger partial charge is 0.496 e. The van der Waals surface area contributed by atoms with Gasteiger partial charge in [0.05, 0.1) is 7.11 Å². The van der Waals surface area contributed by atoms with Crippen LogP contribution in [-0.2, 0) is 4.79 Å². The highest BCUT2D eigenvalue weighted by molar-refractivity contribution is 7.21. The Hall–Kier alpha value is -3.99. The van der Waals surface area contributed by atoms with Crippen LogP contribution in [0, 0.1) is 6.92 Å². The Bertz CT molecular complexity index is 1390. The number of likely N-dealkylation sites (tertiary alicyclic amines) is 1. The average molecular weight is 507 g/mol. The van der Waals surface area contributed by atoms with Gasteiger partial charge in [0.25, 0.3) is 11.9 Å². The molecule has 0 bridgehead atoms. The van der Waals surface area contributed by atoms with E-state index in [4.69, 9.17) is 9.47 Å². The van der Waals surface area contributed by atoms with Crippen molar-refractivity contribution in [2.24, 2.45) is 0 Å². The van der Waals surface area contributed by atoms with Gasteiger partial charge in [-0.25, -0.2) is 0 Å². The standard InChI is InChI=1S/C25H26N6O4S/c1-14-12-21-19(13-20(14)34-3)22(23(36-21)24(33)26-25-27-29-30-28-25)35-18-6-4-16(5-7-18)17-8-10-31(11-9-17)15(2)32/h4-7,12-13,17H,8-11H2,1-3H3,(H2,26,27,28,29,30,33). The molecule has 1 fully saturated rings. The maximum atomic E-state index is 13.1. The van der Waals surface area contributed by atoms with Crippen molar-refractivity contribution >= 4 is 39.2 Å².